The van der Waals surface area contributed by atoms with Gasteiger partial charge in [0, 0.05) is 5.69 Å². The standard InChI is InChI=1S/C11H13NO3/c13-11(14)12-9-3-5-10(6-4-9)15-7-8-1-2-8/h3-6,8,12H,1-2,7H2,(H,13,14). The topological polar surface area (TPSA) is 58.6 Å². The van der Waals surface area contributed by atoms with Crippen LogP contribution in [-0.2, 0) is 0 Å². The number of benzene rings is 1. The Morgan fingerprint density at radius 1 is 1.40 bits per heavy atom. The van der Waals surface area contributed by atoms with Crippen molar-refractivity contribution in [3.05, 3.63) is 24.3 Å². The lowest BCUT2D eigenvalue weighted by atomic mass is 10.3. The van der Waals surface area contributed by atoms with Crippen LogP contribution in [0.15, 0.2) is 24.3 Å². The van der Waals surface area contributed by atoms with E-state index in [1.54, 1.807) is 24.3 Å². The number of carbonyl (C=O) groups is 1. The summed E-state index contributed by atoms with van der Waals surface area (Å²) in [5, 5.41) is 10.7. The van der Waals surface area contributed by atoms with E-state index in [4.69, 9.17) is 9.84 Å². The summed E-state index contributed by atoms with van der Waals surface area (Å²) in [6.45, 7) is 0.770. The molecule has 1 amide bonds. The molecule has 1 aromatic carbocycles. The maximum atomic E-state index is 10.3. The molecule has 1 aromatic rings. The monoisotopic (exact) mass is 207 g/mol. The summed E-state index contributed by atoms with van der Waals surface area (Å²) < 4.78 is 5.51. The van der Waals surface area contributed by atoms with Crippen LogP contribution in [0.4, 0.5) is 10.5 Å². The molecule has 0 unspecified atom stereocenters. The molecule has 15 heavy (non-hydrogen) atoms. The highest BCUT2D eigenvalue weighted by molar-refractivity contribution is 5.82. The maximum absolute atomic E-state index is 10.3. The Morgan fingerprint density at radius 3 is 2.60 bits per heavy atom. The summed E-state index contributed by atoms with van der Waals surface area (Å²) in [6.07, 6.45) is 1.47. The van der Waals surface area contributed by atoms with Gasteiger partial charge in [0.1, 0.15) is 5.75 Å². The van der Waals surface area contributed by atoms with Gasteiger partial charge >= 0.3 is 6.09 Å². The molecule has 4 nitrogen and oxygen atoms in total. The number of anilines is 1. The van der Waals surface area contributed by atoms with Gasteiger partial charge in [-0.1, -0.05) is 0 Å². The molecule has 0 spiro atoms. The van der Waals surface area contributed by atoms with Gasteiger partial charge in [-0.15, -0.1) is 0 Å². The number of carboxylic acid groups (broad SMARTS) is 1. The van der Waals surface area contributed by atoms with Crippen molar-refractivity contribution >= 4 is 11.8 Å². The smallest absolute Gasteiger partial charge is 0.409 e. The largest absolute Gasteiger partial charge is 0.493 e. The summed E-state index contributed by atoms with van der Waals surface area (Å²) in [5.74, 6) is 1.51. The number of nitrogens with one attached hydrogen (secondary N) is 1. The van der Waals surface area contributed by atoms with Gasteiger partial charge < -0.3 is 9.84 Å². The van der Waals surface area contributed by atoms with Crippen LogP contribution in [0.2, 0.25) is 0 Å². The van der Waals surface area contributed by atoms with Gasteiger partial charge in [0.05, 0.1) is 6.61 Å². The summed E-state index contributed by atoms with van der Waals surface area (Å²) in [7, 11) is 0. The highest BCUT2D eigenvalue weighted by Gasteiger charge is 2.21. The minimum absolute atomic E-state index is 0.557. The number of hydrogen-bond donors (Lipinski definition) is 2. The zero-order valence-electron chi connectivity index (χ0n) is 8.27. The van der Waals surface area contributed by atoms with Crippen LogP contribution in [0.3, 0.4) is 0 Å². The highest BCUT2D eigenvalue weighted by atomic mass is 16.5. The lowest BCUT2D eigenvalue weighted by Crippen LogP contribution is -2.07. The quantitative estimate of drug-likeness (QED) is 0.797. The van der Waals surface area contributed by atoms with E-state index < -0.39 is 6.09 Å². The Kier molecular flexibility index (Phi) is 2.76. The highest BCUT2D eigenvalue weighted by Crippen LogP contribution is 2.29. The average Bonchev–Trinajstić information content (AvgIpc) is 2.99. The SMILES string of the molecule is O=C(O)Nc1ccc(OCC2CC2)cc1. The molecule has 2 N–H and O–H groups in total. The van der Waals surface area contributed by atoms with Crippen molar-refractivity contribution < 1.29 is 14.6 Å². The van der Waals surface area contributed by atoms with E-state index in [1.165, 1.54) is 12.8 Å². The fraction of sp³-hybridized carbons (Fsp3) is 0.364. The van der Waals surface area contributed by atoms with Crippen LogP contribution in [0.5, 0.6) is 5.75 Å². The fourth-order valence-electron chi connectivity index (χ4n) is 1.26. The second-order valence-corrected chi connectivity index (χ2v) is 3.71. The van der Waals surface area contributed by atoms with Crippen LogP contribution in [0.25, 0.3) is 0 Å². The number of ether oxygens (including phenoxy) is 1. The Bertz CT molecular complexity index is 343. The molecular formula is C11H13NO3. The summed E-state index contributed by atoms with van der Waals surface area (Å²) >= 11 is 0. The minimum atomic E-state index is -1.05. The van der Waals surface area contributed by atoms with Gasteiger partial charge in [0.2, 0.25) is 0 Å². The number of rotatable bonds is 4. The third kappa shape index (κ3) is 3.16. The second kappa shape index (κ2) is 4.21. The van der Waals surface area contributed by atoms with Crippen molar-refractivity contribution in [3.8, 4) is 5.75 Å². The predicted octanol–water partition coefficient (Wildman–Crippen LogP) is 2.57. The molecule has 4 heteroatoms. The van der Waals surface area contributed by atoms with Crippen molar-refractivity contribution in [1.29, 1.82) is 0 Å². The summed E-state index contributed by atoms with van der Waals surface area (Å²) in [6, 6.07) is 6.92. The third-order valence-electron chi connectivity index (χ3n) is 2.29. The molecule has 0 saturated heterocycles. The molecule has 0 heterocycles. The van der Waals surface area contributed by atoms with E-state index in [9.17, 15) is 4.79 Å². The van der Waals surface area contributed by atoms with E-state index in [0.29, 0.717) is 5.69 Å². The van der Waals surface area contributed by atoms with Gasteiger partial charge in [0.25, 0.3) is 0 Å². The third-order valence-corrected chi connectivity index (χ3v) is 2.29. The minimum Gasteiger partial charge on any atom is -0.493 e. The van der Waals surface area contributed by atoms with Crippen LogP contribution in [-0.4, -0.2) is 17.8 Å². The van der Waals surface area contributed by atoms with E-state index in [2.05, 4.69) is 5.32 Å². The fourth-order valence-corrected chi connectivity index (χ4v) is 1.26. The average molecular weight is 207 g/mol. The Morgan fingerprint density at radius 2 is 2.07 bits per heavy atom. The summed E-state index contributed by atoms with van der Waals surface area (Å²) in [4.78, 5) is 10.3. The van der Waals surface area contributed by atoms with E-state index in [1.807, 2.05) is 0 Å². The molecule has 1 aliphatic carbocycles. The normalized spacial score (nSPS) is 14.7. The van der Waals surface area contributed by atoms with Crippen LogP contribution < -0.4 is 10.1 Å². The molecule has 0 aromatic heterocycles. The van der Waals surface area contributed by atoms with Gasteiger partial charge in [-0.05, 0) is 43.0 Å². The number of hydrogen-bond acceptors (Lipinski definition) is 2. The molecule has 1 fully saturated rings. The first-order valence-corrected chi connectivity index (χ1v) is 4.97. The lowest BCUT2D eigenvalue weighted by Gasteiger charge is -2.06. The molecule has 0 atom stereocenters. The van der Waals surface area contributed by atoms with Gasteiger partial charge in [-0.2, -0.15) is 0 Å². The first-order valence-electron chi connectivity index (χ1n) is 4.97. The van der Waals surface area contributed by atoms with Crippen molar-refractivity contribution in [2.45, 2.75) is 12.8 Å². The Labute approximate surface area is 87.9 Å². The molecule has 2 rings (SSSR count). The number of amides is 1. The van der Waals surface area contributed by atoms with Crippen LogP contribution in [0, 0.1) is 5.92 Å². The van der Waals surface area contributed by atoms with Gasteiger partial charge in [-0.3, -0.25) is 5.32 Å². The summed E-state index contributed by atoms with van der Waals surface area (Å²) in [5.41, 5.74) is 0.557. The predicted molar refractivity (Wildman–Crippen MR) is 56.3 cm³/mol. The van der Waals surface area contributed by atoms with E-state index >= 15 is 0 Å². The lowest BCUT2D eigenvalue weighted by molar-refractivity contribution is 0.209. The van der Waals surface area contributed by atoms with Gasteiger partial charge in [-0.25, -0.2) is 4.79 Å². The van der Waals surface area contributed by atoms with Crippen molar-refractivity contribution in [2.75, 3.05) is 11.9 Å². The van der Waals surface area contributed by atoms with Crippen molar-refractivity contribution in [2.24, 2.45) is 5.92 Å². The molecule has 1 aliphatic rings. The first kappa shape index (κ1) is 9.83. The van der Waals surface area contributed by atoms with E-state index in [-0.39, 0.29) is 0 Å². The zero-order valence-corrected chi connectivity index (χ0v) is 8.27. The molecular weight excluding hydrogens is 194 g/mol. The molecule has 0 aliphatic heterocycles. The van der Waals surface area contributed by atoms with Crippen LogP contribution in [0.1, 0.15) is 12.8 Å². The molecule has 0 bridgehead atoms. The molecule has 1 saturated carbocycles. The first-order chi connectivity index (χ1) is 7.24. The Balaban J connectivity index is 1.87. The van der Waals surface area contributed by atoms with Gasteiger partial charge in [0.15, 0.2) is 0 Å². The van der Waals surface area contributed by atoms with E-state index in [0.717, 1.165) is 18.3 Å². The zero-order chi connectivity index (χ0) is 10.7. The molecule has 80 valence electrons. The van der Waals surface area contributed by atoms with Crippen molar-refractivity contribution in [1.82, 2.24) is 0 Å². The van der Waals surface area contributed by atoms with Crippen LogP contribution >= 0.6 is 0 Å². The Hall–Kier alpha value is -1.71. The molecule has 0 radical (unpaired) electrons. The van der Waals surface area contributed by atoms with Crippen molar-refractivity contribution in [3.63, 3.8) is 0 Å². The maximum Gasteiger partial charge on any atom is 0.409 e. The second-order valence-electron chi connectivity index (χ2n) is 3.71.